The van der Waals surface area contributed by atoms with Gasteiger partial charge in [0.2, 0.25) is 0 Å². The van der Waals surface area contributed by atoms with Crippen LogP contribution in [0, 0.1) is 17.1 Å². The molecule has 0 radical (unpaired) electrons. The van der Waals surface area contributed by atoms with E-state index in [-0.39, 0.29) is 29.9 Å². The highest BCUT2D eigenvalue weighted by atomic mass is 79.9. The molecule has 3 rings (SSSR count). The first kappa shape index (κ1) is 21.8. The Morgan fingerprint density at radius 3 is 2.77 bits per heavy atom. The lowest BCUT2D eigenvalue weighted by atomic mass is 10.1. The lowest BCUT2D eigenvalue weighted by Crippen LogP contribution is -2.33. The quantitative estimate of drug-likeness (QED) is 0.447. The van der Waals surface area contributed by atoms with E-state index in [2.05, 4.69) is 21.2 Å². The maximum Gasteiger partial charge on any atom is 0.262 e. The standard InChI is InChI=1S/C23H22BrFN2O3/c1-29-21-12-16(9-17(13-26)23(28)27-19-7-2-3-8-19)11-20(24)22(21)30-14-15-5-4-6-18(25)10-15/h4-6,9-12,19H,2-3,7-8,14H2,1H3,(H,27,28)/b17-9-. The van der Waals surface area contributed by atoms with E-state index >= 15 is 0 Å². The van der Waals surface area contributed by atoms with Gasteiger partial charge in [0.1, 0.15) is 24.1 Å². The number of carbonyl (C=O) groups is 1. The summed E-state index contributed by atoms with van der Waals surface area (Å²) < 4.78 is 25.2. The first-order valence-corrected chi connectivity index (χ1v) is 10.5. The number of rotatable bonds is 7. The van der Waals surface area contributed by atoms with E-state index < -0.39 is 0 Å². The third-order valence-corrected chi connectivity index (χ3v) is 5.48. The molecule has 1 N–H and O–H groups in total. The zero-order valence-corrected chi connectivity index (χ0v) is 18.2. The van der Waals surface area contributed by atoms with Crippen LogP contribution in [0.5, 0.6) is 11.5 Å². The van der Waals surface area contributed by atoms with Gasteiger partial charge in [0, 0.05) is 6.04 Å². The number of amides is 1. The molecule has 1 fully saturated rings. The molecule has 30 heavy (non-hydrogen) atoms. The summed E-state index contributed by atoms with van der Waals surface area (Å²) in [5.41, 5.74) is 1.34. The maximum absolute atomic E-state index is 13.4. The van der Waals surface area contributed by atoms with Gasteiger partial charge < -0.3 is 14.8 Å². The van der Waals surface area contributed by atoms with Crippen LogP contribution in [0.1, 0.15) is 36.8 Å². The molecule has 0 heterocycles. The Hall–Kier alpha value is -2.85. The van der Waals surface area contributed by atoms with Crippen molar-refractivity contribution in [3.05, 3.63) is 63.4 Å². The Balaban J connectivity index is 1.78. The van der Waals surface area contributed by atoms with Gasteiger partial charge >= 0.3 is 0 Å². The van der Waals surface area contributed by atoms with E-state index in [4.69, 9.17) is 9.47 Å². The Bertz CT molecular complexity index is 994. The van der Waals surface area contributed by atoms with Crippen LogP contribution in [0.4, 0.5) is 4.39 Å². The van der Waals surface area contributed by atoms with E-state index in [1.54, 1.807) is 24.3 Å². The fourth-order valence-corrected chi connectivity index (χ4v) is 3.97. The molecule has 0 aliphatic heterocycles. The third-order valence-electron chi connectivity index (χ3n) is 4.89. The predicted octanol–water partition coefficient (Wildman–Crippen LogP) is 5.14. The van der Waals surface area contributed by atoms with Crippen molar-refractivity contribution >= 4 is 27.9 Å². The molecule has 0 bridgehead atoms. The number of ether oxygens (including phenoxy) is 2. The zero-order chi connectivity index (χ0) is 21.5. The minimum Gasteiger partial charge on any atom is -0.493 e. The lowest BCUT2D eigenvalue weighted by molar-refractivity contribution is -0.117. The molecule has 0 spiro atoms. The maximum atomic E-state index is 13.4. The third kappa shape index (κ3) is 5.61. The average molecular weight is 473 g/mol. The molecule has 0 atom stereocenters. The fraction of sp³-hybridized carbons (Fsp3) is 0.304. The summed E-state index contributed by atoms with van der Waals surface area (Å²) in [7, 11) is 1.50. The Morgan fingerprint density at radius 1 is 1.33 bits per heavy atom. The normalized spacial score (nSPS) is 14.3. The van der Waals surface area contributed by atoms with Gasteiger partial charge in [-0.3, -0.25) is 4.79 Å². The predicted molar refractivity (Wildman–Crippen MR) is 115 cm³/mol. The zero-order valence-electron chi connectivity index (χ0n) is 16.6. The summed E-state index contributed by atoms with van der Waals surface area (Å²) in [6.07, 6.45) is 5.60. The van der Waals surface area contributed by atoms with Crippen LogP contribution in [0.2, 0.25) is 0 Å². The van der Waals surface area contributed by atoms with Crippen molar-refractivity contribution in [1.82, 2.24) is 5.32 Å². The van der Waals surface area contributed by atoms with Crippen LogP contribution >= 0.6 is 15.9 Å². The number of hydrogen-bond donors (Lipinski definition) is 1. The summed E-state index contributed by atoms with van der Waals surface area (Å²) in [6.45, 7) is 0.162. The molecule has 1 amide bonds. The Labute approximate surface area is 183 Å². The van der Waals surface area contributed by atoms with Crippen molar-refractivity contribution in [2.75, 3.05) is 7.11 Å². The first-order valence-electron chi connectivity index (χ1n) is 9.67. The number of methoxy groups -OCH3 is 1. The second-order valence-electron chi connectivity index (χ2n) is 7.08. The molecule has 2 aromatic carbocycles. The van der Waals surface area contributed by atoms with E-state index in [1.165, 1.54) is 25.3 Å². The molecule has 5 nitrogen and oxygen atoms in total. The van der Waals surface area contributed by atoms with Crippen LogP contribution < -0.4 is 14.8 Å². The van der Waals surface area contributed by atoms with Crippen molar-refractivity contribution in [3.63, 3.8) is 0 Å². The number of halogens is 2. The van der Waals surface area contributed by atoms with Gasteiger partial charge in [-0.1, -0.05) is 25.0 Å². The molecule has 1 aliphatic carbocycles. The monoisotopic (exact) mass is 472 g/mol. The summed E-state index contributed by atoms with van der Waals surface area (Å²) >= 11 is 3.45. The molecule has 0 saturated heterocycles. The highest BCUT2D eigenvalue weighted by molar-refractivity contribution is 9.10. The van der Waals surface area contributed by atoms with Crippen molar-refractivity contribution in [2.24, 2.45) is 0 Å². The second-order valence-corrected chi connectivity index (χ2v) is 7.93. The molecule has 1 aliphatic rings. The molecule has 2 aromatic rings. The number of nitrogens with zero attached hydrogens (tertiary/aromatic N) is 1. The summed E-state index contributed by atoms with van der Waals surface area (Å²) in [5.74, 6) is 0.182. The van der Waals surface area contributed by atoms with Gasteiger partial charge in [-0.25, -0.2) is 4.39 Å². The molecular weight excluding hydrogens is 451 g/mol. The van der Waals surface area contributed by atoms with E-state index in [1.807, 2.05) is 6.07 Å². The second kappa shape index (κ2) is 10.3. The number of nitriles is 1. The van der Waals surface area contributed by atoms with Crippen LogP contribution in [-0.2, 0) is 11.4 Å². The Morgan fingerprint density at radius 2 is 2.10 bits per heavy atom. The van der Waals surface area contributed by atoms with Crippen LogP contribution in [0.25, 0.3) is 6.08 Å². The molecule has 0 aromatic heterocycles. The number of benzene rings is 2. The number of nitrogens with one attached hydrogen (secondary N) is 1. The highest BCUT2D eigenvalue weighted by Crippen LogP contribution is 2.37. The average Bonchev–Trinajstić information content (AvgIpc) is 3.23. The number of hydrogen-bond acceptors (Lipinski definition) is 4. The van der Waals surface area contributed by atoms with E-state index in [0.29, 0.717) is 27.1 Å². The minimum atomic E-state index is -0.370. The van der Waals surface area contributed by atoms with Gasteiger partial charge in [-0.05, 0) is 70.2 Å². The van der Waals surface area contributed by atoms with Crippen LogP contribution in [-0.4, -0.2) is 19.1 Å². The van der Waals surface area contributed by atoms with Crippen LogP contribution in [0.3, 0.4) is 0 Å². The smallest absolute Gasteiger partial charge is 0.262 e. The van der Waals surface area contributed by atoms with Crippen molar-refractivity contribution in [3.8, 4) is 17.6 Å². The molecular formula is C23H22BrFN2O3. The molecule has 7 heteroatoms. The molecule has 156 valence electrons. The minimum absolute atomic E-state index is 0.0317. The first-order chi connectivity index (χ1) is 14.5. The van der Waals surface area contributed by atoms with Crippen molar-refractivity contribution in [2.45, 2.75) is 38.3 Å². The number of carbonyl (C=O) groups excluding carboxylic acids is 1. The van der Waals surface area contributed by atoms with Crippen molar-refractivity contribution in [1.29, 1.82) is 5.26 Å². The summed E-state index contributed by atoms with van der Waals surface area (Å²) in [6, 6.07) is 11.7. The Kier molecular flexibility index (Phi) is 7.47. The van der Waals surface area contributed by atoms with Crippen LogP contribution in [0.15, 0.2) is 46.4 Å². The van der Waals surface area contributed by atoms with Gasteiger partial charge in [0.15, 0.2) is 11.5 Å². The van der Waals surface area contributed by atoms with Crippen molar-refractivity contribution < 1.29 is 18.7 Å². The van der Waals surface area contributed by atoms with E-state index in [0.717, 1.165) is 25.7 Å². The van der Waals surface area contributed by atoms with Gasteiger partial charge in [-0.15, -0.1) is 0 Å². The SMILES string of the molecule is COc1cc(/C=C(/C#N)C(=O)NC2CCCC2)cc(Br)c1OCc1cccc(F)c1. The lowest BCUT2D eigenvalue weighted by Gasteiger charge is -2.14. The largest absolute Gasteiger partial charge is 0.493 e. The van der Waals surface area contributed by atoms with Gasteiger partial charge in [0.25, 0.3) is 5.91 Å². The van der Waals surface area contributed by atoms with Gasteiger partial charge in [0.05, 0.1) is 11.6 Å². The summed E-state index contributed by atoms with van der Waals surface area (Å²) in [5, 5.41) is 12.4. The molecule has 1 saturated carbocycles. The van der Waals surface area contributed by atoms with E-state index in [9.17, 15) is 14.4 Å². The van der Waals surface area contributed by atoms with Gasteiger partial charge in [-0.2, -0.15) is 5.26 Å². The molecule has 0 unspecified atom stereocenters. The summed E-state index contributed by atoms with van der Waals surface area (Å²) in [4.78, 5) is 12.4. The fourth-order valence-electron chi connectivity index (χ4n) is 3.39. The topological polar surface area (TPSA) is 71.3 Å². The highest BCUT2D eigenvalue weighted by Gasteiger charge is 2.20.